The first-order chi connectivity index (χ1) is 13.9. The Kier molecular flexibility index (Phi) is 8.72. The molecule has 0 aliphatic heterocycles. The Morgan fingerprint density at radius 3 is 2.48 bits per heavy atom. The zero-order chi connectivity index (χ0) is 21.2. The molecule has 2 aromatic rings. The topological polar surface area (TPSA) is 134 Å². The van der Waals surface area contributed by atoms with E-state index in [-0.39, 0.29) is 18.0 Å². The van der Waals surface area contributed by atoms with Crippen molar-refractivity contribution in [3.63, 3.8) is 0 Å². The van der Waals surface area contributed by atoms with Crippen molar-refractivity contribution in [3.8, 4) is 0 Å². The van der Waals surface area contributed by atoms with E-state index in [2.05, 4.69) is 20.8 Å². The lowest BCUT2D eigenvalue weighted by Crippen LogP contribution is -2.50. The standard InChI is InChI=1S/C19H25BN4O5/c1-13(2)10-17(20(27)28)29-24-19(26)15(11-14-6-4-3-5-7-14)23-18(25)16-12-21-8-9-22-16/h3-9,12-13,15,17,27-28H,10-11H2,1-2H3,(H,23,25)(H,24,26). The molecule has 0 spiro atoms. The Morgan fingerprint density at radius 2 is 1.90 bits per heavy atom. The molecule has 1 aromatic carbocycles. The highest BCUT2D eigenvalue weighted by molar-refractivity contribution is 6.42. The first kappa shape index (κ1) is 22.5. The number of hydrogen-bond donors (Lipinski definition) is 4. The van der Waals surface area contributed by atoms with Gasteiger partial charge in [0.25, 0.3) is 11.8 Å². The fourth-order valence-electron chi connectivity index (χ4n) is 2.61. The van der Waals surface area contributed by atoms with Crippen molar-refractivity contribution in [3.05, 3.63) is 60.2 Å². The van der Waals surface area contributed by atoms with E-state index in [1.54, 1.807) is 0 Å². The lowest BCUT2D eigenvalue weighted by molar-refractivity contribution is -0.138. The van der Waals surface area contributed by atoms with Gasteiger partial charge in [0.2, 0.25) is 0 Å². The number of nitrogens with zero attached hydrogens (tertiary/aromatic N) is 2. The molecule has 9 nitrogen and oxygen atoms in total. The molecule has 0 aliphatic rings. The summed E-state index contributed by atoms with van der Waals surface area (Å²) in [5.74, 6) is -1.06. The summed E-state index contributed by atoms with van der Waals surface area (Å²) in [5.41, 5.74) is 3.14. The first-order valence-corrected chi connectivity index (χ1v) is 9.29. The van der Waals surface area contributed by atoms with Crippen LogP contribution in [0.15, 0.2) is 48.9 Å². The van der Waals surface area contributed by atoms with Gasteiger partial charge in [0.15, 0.2) is 0 Å². The summed E-state index contributed by atoms with van der Waals surface area (Å²) in [5, 5.41) is 21.5. The number of nitrogens with one attached hydrogen (secondary N) is 2. The van der Waals surface area contributed by atoms with E-state index < -0.39 is 31.0 Å². The number of carbonyl (C=O) groups is 2. The smallest absolute Gasteiger partial charge is 0.425 e. The van der Waals surface area contributed by atoms with E-state index in [0.717, 1.165) is 5.56 Å². The summed E-state index contributed by atoms with van der Waals surface area (Å²) < 4.78 is 0. The quantitative estimate of drug-likeness (QED) is 0.333. The van der Waals surface area contributed by atoms with Crippen molar-refractivity contribution in [2.24, 2.45) is 5.92 Å². The largest absolute Gasteiger partial charge is 0.485 e. The van der Waals surface area contributed by atoms with Crippen molar-refractivity contribution >= 4 is 18.9 Å². The lowest BCUT2D eigenvalue weighted by atomic mass is 9.78. The molecule has 0 saturated carbocycles. The molecule has 2 amide bonds. The van der Waals surface area contributed by atoms with E-state index in [1.165, 1.54) is 18.6 Å². The highest BCUT2D eigenvalue weighted by Crippen LogP contribution is 2.09. The molecule has 0 fully saturated rings. The molecule has 1 aromatic heterocycles. The van der Waals surface area contributed by atoms with Crippen LogP contribution in [0.3, 0.4) is 0 Å². The molecule has 29 heavy (non-hydrogen) atoms. The number of rotatable bonds is 10. The van der Waals surface area contributed by atoms with Crippen molar-refractivity contribution in [2.75, 3.05) is 0 Å². The Hall–Kier alpha value is -2.82. The number of hydrogen-bond acceptors (Lipinski definition) is 7. The van der Waals surface area contributed by atoms with Crippen LogP contribution in [0.5, 0.6) is 0 Å². The van der Waals surface area contributed by atoms with Gasteiger partial charge >= 0.3 is 7.12 Å². The van der Waals surface area contributed by atoms with Gasteiger partial charge in [0.05, 0.1) is 6.20 Å². The number of benzene rings is 1. The van der Waals surface area contributed by atoms with Crippen LogP contribution in [-0.4, -0.2) is 51.0 Å². The highest BCUT2D eigenvalue weighted by Gasteiger charge is 2.29. The van der Waals surface area contributed by atoms with E-state index in [0.29, 0.717) is 6.42 Å². The maximum absolute atomic E-state index is 12.7. The fourth-order valence-corrected chi connectivity index (χ4v) is 2.61. The average Bonchev–Trinajstić information content (AvgIpc) is 2.71. The lowest BCUT2D eigenvalue weighted by Gasteiger charge is -2.22. The van der Waals surface area contributed by atoms with E-state index >= 15 is 0 Å². The second kappa shape index (κ2) is 11.3. The highest BCUT2D eigenvalue weighted by atomic mass is 16.7. The normalized spacial score (nSPS) is 12.9. The minimum absolute atomic E-state index is 0.0720. The molecule has 2 unspecified atom stereocenters. The third-order valence-corrected chi connectivity index (χ3v) is 4.05. The Morgan fingerprint density at radius 1 is 1.17 bits per heavy atom. The van der Waals surface area contributed by atoms with Crippen LogP contribution in [0.1, 0.15) is 36.3 Å². The van der Waals surface area contributed by atoms with Crippen LogP contribution in [-0.2, 0) is 16.1 Å². The summed E-state index contributed by atoms with van der Waals surface area (Å²) in [6.07, 6.45) is 4.65. The third-order valence-electron chi connectivity index (χ3n) is 4.05. The molecule has 1 heterocycles. The summed E-state index contributed by atoms with van der Waals surface area (Å²) >= 11 is 0. The summed E-state index contributed by atoms with van der Waals surface area (Å²) in [6.45, 7) is 3.78. The van der Waals surface area contributed by atoms with Crippen molar-refractivity contribution < 1.29 is 24.5 Å². The predicted octanol–water partition coefficient (Wildman–Crippen LogP) is 0.292. The van der Waals surface area contributed by atoms with E-state index in [4.69, 9.17) is 4.84 Å². The minimum Gasteiger partial charge on any atom is -0.425 e. The van der Waals surface area contributed by atoms with Gasteiger partial charge in [-0.2, -0.15) is 0 Å². The van der Waals surface area contributed by atoms with Gasteiger partial charge in [0.1, 0.15) is 17.7 Å². The summed E-state index contributed by atoms with van der Waals surface area (Å²) in [4.78, 5) is 38.1. The van der Waals surface area contributed by atoms with Crippen LogP contribution < -0.4 is 10.8 Å². The SMILES string of the molecule is CC(C)CC(ONC(=O)C(Cc1ccccc1)NC(=O)c1cnccn1)B(O)O. The van der Waals surface area contributed by atoms with E-state index in [9.17, 15) is 19.6 Å². The monoisotopic (exact) mass is 400 g/mol. The second-order valence-corrected chi connectivity index (χ2v) is 6.97. The van der Waals surface area contributed by atoms with Gasteiger partial charge in [0, 0.05) is 18.8 Å². The molecule has 0 aliphatic carbocycles. The maximum Gasteiger partial charge on any atom is 0.485 e. The van der Waals surface area contributed by atoms with Gasteiger partial charge in [-0.15, -0.1) is 0 Å². The minimum atomic E-state index is -1.75. The maximum atomic E-state index is 12.7. The molecule has 0 bridgehead atoms. The van der Waals surface area contributed by atoms with Crippen molar-refractivity contribution in [2.45, 2.75) is 38.7 Å². The molecule has 0 saturated heterocycles. The Bertz CT molecular complexity index is 777. The van der Waals surface area contributed by atoms with Gasteiger partial charge in [-0.05, 0) is 17.9 Å². The van der Waals surface area contributed by atoms with Crippen molar-refractivity contribution in [1.29, 1.82) is 0 Å². The van der Waals surface area contributed by atoms with Crippen LogP contribution in [0.25, 0.3) is 0 Å². The van der Waals surface area contributed by atoms with Gasteiger partial charge in [-0.3, -0.25) is 19.4 Å². The number of hydroxylamine groups is 1. The van der Waals surface area contributed by atoms with E-state index in [1.807, 2.05) is 44.2 Å². The molecular weight excluding hydrogens is 375 g/mol. The van der Waals surface area contributed by atoms with Crippen LogP contribution >= 0.6 is 0 Å². The molecular formula is C19H25BN4O5. The number of aromatic nitrogens is 2. The van der Waals surface area contributed by atoms with Crippen LogP contribution in [0.2, 0.25) is 0 Å². The number of amides is 2. The number of carbonyl (C=O) groups excluding carboxylic acids is 2. The molecule has 4 N–H and O–H groups in total. The van der Waals surface area contributed by atoms with Crippen LogP contribution in [0, 0.1) is 5.92 Å². The fraction of sp³-hybridized carbons (Fsp3) is 0.368. The molecule has 0 radical (unpaired) electrons. The zero-order valence-electron chi connectivity index (χ0n) is 16.4. The molecule has 154 valence electrons. The Balaban J connectivity index is 2.08. The third kappa shape index (κ3) is 7.61. The second-order valence-electron chi connectivity index (χ2n) is 6.97. The summed E-state index contributed by atoms with van der Waals surface area (Å²) in [7, 11) is -1.75. The Labute approximate surface area is 169 Å². The molecule has 2 rings (SSSR count). The van der Waals surface area contributed by atoms with Gasteiger partial charge < -0.3 is 15.4 Å². The van der Waals surface area contributed by atoms with Crippen LogP contribution in [0.4, 0.5) is 0 Å². The summed E-state index contributed by atoms with van der Waals surface area (Å²) in [6, 6.07) is 7.19. The van der Waals surface area contributed by atoms with Gasteiger partial charge in [-0.25, -0.2) is 10.5 Å². The zero-order valence-corrected chi connectivity index (χ0v) is 16.4. The first-order valence-electron chi connectivity index (χ1n) is 9.29. The van der Waals surface area contributed by atoms with Gasteiger partial charge in [-0.1, -0.05) is 44.2 Å². The predicted molar refractivity (Wildman–Crippen MR) is 106 cm³/mol. The average molecular weight is 400 g/mol. The molecule has 10 heteroatoms. The molecule has 2 atom stereocenters. The van der Waals surface area contributed by atoms with Crippen molar-refractivity contribution in [1.82, 2.24) is 20.8 Å².